The van der Waals surface area contributed by atoms with E-state index < -0.39 is 0 Å². The van der Waals surface area contributed by atoms with Crippen LogP contribution in [0.15, 0.2) is 0 Å². The molecule has 0 radical (unpaired) electrons. The van der Waals surface area contributed by atoms with Gasteiger partial charge in [-0.25, -0.2) is 0 Å². The molecule has 2 heteroatoms. The minimum absolute atomic E-state index is 0.342. The van der Waals surface area contributed by atoms with Crippen molar-refractivity contribution in [3.63, 3.8) is 0 Å². The van der Waals surface area contributed by atoms with E-state index in [0.717, 1.165) is 25.8 Å². The highest BCUT2D eigenvalue weighted by atomic mass is 16.2. The fourth-order valence-electron chi connectivity index (χ4n) is 2.29. The molecule has 1 saturated heterocycles. The van der Waals surface area contributed by atoms with Gasteiger partial charge >= 0.3 is 0 Å². The third-order valence-corrected chi connectivity index (χ3v) is 4.17. The summed E-state index contributed by atoms with van der Waals surface area (Å²) in [6.45, 7) is 12.0. The Labute approximate surface area is 94.0 Å². The third kappa shape index (κ3) is 2.73. The van der Waals surface area contributed by atoms with Gasteiger partial charge in [0.2, 0.25) is 5.91 Å². The molecule has 0 aliphatic carbocycles. The monoisotopic (exact) mass is 211 g/mol. The third-order valence-electron chi connectivity index (χ3n) is 4.17. The topological polar surface area (TPSA) is 20.3 Å². The number of carbonyl (C=O) groups is 1. The van der Waals surface area contributed by atoms with Crippen LogP contribution in [0.5, 0.6) is 0 Å². The summed E-state index contributed by atoms with van der Waals surface area (Å²) < 4.78 is 0. The Morgan fingerprint density at radius 3 is 2.27 bits per heavy atom. The summed E-state index contributed by atoms with van der Waals surface area (Å²) in [4.78, 5) is 13.9. The first-order chi connectivity index (χ1) is 6.87. The Morgan fingerprint density at radius 1 is 1.20 bits per heavy atom. The molecule has 88 valence electrons. The molecule has 1 heterocycles. The maximum atomic E-state index is 11.9. The summed E-state index contributed by atoms with van der Waals surface area (Å²) in [6, 6.07) is 0.354. The lowest BCUT2D eigenvalue weighted by Crippen LogP contribution is -2.36. The van der Waals surface area contributed by atoms with Crippen LogP contribution in [0.1, 0.15) is 53.9 Å². The molecule has 1 rings (SSSR count). The second kappa shape index (κ2) is 4.54. The van der Waals surface area contributed by atoms with Gasteiger partial charge in [0, 0.05) is 19.0 Å². The number of hydrogen-bond donors (Lipinski definition) is 0. The van der Waals surface area contributed by atoms with E-state index in [1.54, 1.807) is 0 Å². The van der Waals surface area contributed by atoms with Crippen LogP contribution in [0.3, 0.4) is 0 Å². The highest BCUT2D eigenvalue weighted by molar-refractivity contribution is 5.76. The molecule has 15 heavy (non-hydrogen) atoms. The quantitative estimate of drug-likeness (QED) is 0.687. The minimum atomic E-state index is 0.342. The van der Waals surface area contributed by atoms with Crippen LogP contribution in [-0.4, -0.2) is 23.4 Å². The average Bonchev–Trinajstić information content (AvgIpc) is 2.27. The van der Waals surface area contributed by atoms with Crippen molar-refractivity contribution in [3.05, 3.63) is 0 Å². The Balaban J connectivity index is 2.73. The molecule has 0 bridgehead atoms. The lowest BCUT2D eigenvalue weighted by molar-refractivity contribution is -0.132. The first-order valence-corrected chi connectivity index (χ1v) is 6.16. The van der Waals surface area contributed by atoms with Crippen LogP contribution < -0.4 is 0 Å². The molecule has 0 spiro atoms. The predicted molar refractivity (Wildman–Crippen MR) is 63.6 cm³/mol. The van der Waals surface area contributed by atoms with Crippen molar-refractivity contribution in [2.75, 3.05) is 6.54 Å². The van der Waals surface area contributed by atoms with Gasteiger partial charge in [0.05, 0.1) is 0 Å². The van der Waals surface area contributed by atoms with Gasteiger partial charge in [-0.1, -0.05) is 20.8 Å². The number of carbonyl (C=O) groups excluding carboxylic acids is 1. The van der Waals surface area contributed by atoms with Gasteiger partial charge in [-0.3, -0.25) is 4.79 Å². The largest absolute Gasteiger partial charge is 0.340 e. The van der Waals surface area contributed by atoms with Gasteiger partial charge in [0.25, 0.3) is 0 Å². The summed E-state index contributed by atoms with van der Waals surface area (Å²) in [7, 11) is 0. The lowest BCUT2D eigenvalue weighted by atomic mass is 9.73. The normalized spacial score (nSPS) is 28.7. The SMILES string of the molecule is CC(C)N1CCC(C)(C(C)C)CCC1=O. The summed E-state index contributed by atoms with van der Waals surface area (Å²) >= 11 is 0. The molecule has 0 N–H and O–H groups in total. The Kier molecular flexibility index (Phi) is 3.80. The van der Waals surface area contributed by atoms with Crippen molar-refractivity contribution >= 4 is 5.91 Å². The smallest absolute Gasteiger partial charge is 0.222 e. The molecule has 2 nitrogen and oxygen atoms in total. The lowest BCUT2D eigenvalue weighted by Gasteiger charge is -2.33. The zero-order valence-electron chi connectivity index (χ0n) is 10.8. The molecule has 0 aromatic rings. The van der Waals surface area contributed by atoms with Crippen LogP contribution in [0.4, 0.5) is 0 Å². The predicted octanol–water partition coefficient (Wildman–Crippen LogP) is 3.07. The zero-order valence-corrected chi connectivity index (χ0v) is 10.8. The molecule has 1 unspecified atom stereocenters. The summed E-state index contributed by atoms with van der Waals surface area (Å²) in [6.07, 6.45) is 2.92. The number of hydrogen-bond acceptors (Lipinski definition) is 1. The fourth-order valence-corrected chi connectivity index (χ4v) is 2.29. The number of nitrogens with zero attached hydrogens (tertiary/aromatic N) is 1. The van der Waals surface area contributed by atoms with Gasteiger partial charge < -0.3 is 4.90 Å². The van der Waals surface area contributed by atoms with E-state index in [9.17, 15) is 4.79 Å². The first kappa shape index (κ1) is 12.5. The molecular weight excluding hydrogens is 186 g/mol. The Hall–Kier alpha value is -0.530. The van der Waals surface area contributed by atoms with Gasteiger partial charge in [-0.2, -0.15) is 0 Å². The maximum absolute atomic E-state index is 11.9. The Morgan fingerprint density at radius 2 is 1.80 bits per heavy atom. The van der Waals surface area contributed by atoms with Crippen LogP contribution in [0.25, 0.3) is 0 Å². The van der Waals surface area contributed by atoms with E-state index in [-0.39, 0.29) is 0 Å². The molecule has 1 fully saturated rings. The van der Waals surface area contributed by atoms with Crippen molar-refractivity contribution in [1.82, 2.24) is 4.90 Å². The molecule has 1 atom stereocenters. The summed E-state index contributed by atoms with van der Waals surface area (Å²) in [5.74, 6) is 1.01. The maximum Gasteiger partial charge on any atom is 0.222 e. The molecule has 0 aromatic heterocycles. The van der Waals surface area contributed by atoms with Crippen molar-refractivity contribution in [2.45, 2.75) is 59.9 Å². The minimum Gasteiger partial charge on any atom is -0.340 e. The van der Waals surface area contributed by atoms with E-state index in [1.165, 1.54) is 0 Å². The van der Waals surface area contributed by atoms with Gasteiger partial charge in [0.1, 0.15) is 0 Å². The van der Waals surface area contributed by atoms with Gasteiger partial charge in [0.15, 0.2) is 0 Å². The summed E-state index contributed by atoms with van der Waals surface area (Å²) in [5, 5.41) is 0. The van der Waals surface area contributed by atoms with Crippen LogP contribution in [0.2, 0.25) is 0 Å². The van der Waals surface area contributed by atoms with E-state index in [0.29, 0.717) is 23.3 Å². The first-order valence-electron chi connectivity index (χ1n) is 6.16. The number of likely N-dealkylation sites (tertiary alicyclic amines) is 1. The molecule has 1 aliphatic rings. The molecule has 1 amide bonds. The molecule has 0 saturated carbocycles. The van der Waals surface area contributed by atoms with E-state index >= 15 is 0 Å². The number of amides is 1. The van der Waals surface area contributed by atoms with Crippen molar-refractivity contribution in [1.29, 1.82) is 0 Å². The van der Waals surface area contributed by atoms with Crippen molar-refractivity contribution < 1.29 is 4.79 Å². The van der Waals surface area contributed by atoms with Crippen LogP contribution in [-0.2, 0) is 4.79 Å². The average molecular weight is 211 g/mol. The van der Waals surface area contributed by atoms with Crippen LogP contribution >= 0.6 is 0 Å². The molecule has 1 aliphatic heterocycles. The van der Waals surface area contributed by atoms with E-state index in [4.69, 9.17) is 0 Å². The van der Waals surface area contributed by atoms with E-state index in [2.05, 4.69) is 34.6 Å². The van der Waals surface area contributed by atoms with Gasteiger partial charge in [-0.15, -0.1) is 0 Å². The highest BCUT2D eigenvalue weighted by Crippen LogP contribution is 2.38. The zero-order chi connectivity index (χ0) is 11.6. The van der Waals surface area contributed by atoms with Crippen molar-refractivity contribution in [3.8, 4) is 0 Å². The second-order valence-corrected chi connectivity index (χ2v) is 5.74. The van der Waals surface area contributed by atoms with Crippen LogP contribution in [0, 0.1) is 11.3 Å². The Bertz CT molecular complexity index is 235. The molecule has 0 aromatic carbocycles. The van der Waals surface area contributed by atoms with E-state index in [1.807, 2.05) is 4.90 Å². The fraction of sp³-hybridized carbons (Fsp3) is 0.923. The van der Waals surface area contributed by atoms with Crippen molar-refractivity contribution in [2.24, 2.45) is 11.3 Å². The standard InChI is InChI=1S/C13H25NO/c1-10(2)13(5)7-6-12(15)14(9-8-13)11(3)4/h10-11H,6-9H2,1-5H3. The van der Waals surface area contributed by atoms with Gasteiger partial charge in [-0.05, 0) is 38.0 Å². The second-order valence-electron chi connectivity index (χ2n) is 5.74. The number of rotatable bonds is 2. The molecular formula is C13H25NO. The summed E-state index contributed by atoms with van der Waals surface area (Å²) in [5.41, 5.74) is 0.347. The highest BCUT2D eigenvalue weighted by Gasteiger charge is 2.34.